The van der Waals surface area contributed by atoms with Gasteiger partial charge in [-0.15, -0.1) is 0 Å². The van der Waals surface area contributed by atoms with Crippen molar-refractivity contribution in [2.75, 3.05) is 5.32 Å². The average Bonchev–Trinajstić information content (AvgIpc) is 2.63. The number of nitrogens with zero attached hydrogens (tertiary/aromatic N) is 1. The Hall–Kier alpha value is -2.08. The van der Waals surface area contributed by atoms with E-state index in [-0.39, 0.29) is 18.0 Å². The number of hydrogen-bond donors (Lipinski definition) is 1. The van der Waals surface area contributed by atoms with Crippen LogP contribution in [0.25, 0.3) is 0 Å². The number of carbonyl (C=O) groups is 1. The van der Waals surface area contributed by atoms with Gasteiger partial charge in [-0.2, -0.15) is 8.78 Å². The molecule has 1 heterocycles. The molecule has 2 aromatic carbocycles. The minimum Gasteiger partial charge on any atom is -0.355 e. The molecule has 1 N–H and O–H groups in total. The number of likely N-dealkylation sites (tertiary alicyclic amines) is 1. The number of halogens is 2. The number of carbonyl (C=O) groups excluding carboxylic acids is 1. The molecule has 3 nitrogen and oxygen atoms in total. The standard InChI is InChI=1S/C21H24F2N2OS/c1-14-6-5-7-15(2)25(14)20(26)18-8-3-4-9-19(18)24-16-10-12-17(13-11-16)27-21(22)23/h3-4,8-15,21,24H,5-7H2,1-2H3/t14-,15+. The zero-order valence-electron chi connectivity index (χ0n) is 15.5. The summed E-state index contributed by atoms with van der Waals surface area (Å²) in [5.41, 5.74) is 2.11. The van der Waals surface area contributed by atoms with Crippen LogP contribution in [0.3, 0.4) is 0 Å². The van der Waals surface area contributed by atoms with Gasteiger partial charge in [0.2, 0.25) is 0 Å². The van der Waals surface area contributed by atoms with Crippen LogP contribution in [0.4, 0.5) is 20.2 Å². The molecule has 2 aromatic rings. The fourth-order valence-corrected chi connectivity index (χ4v) is 4.11. The van der Waals surface area contributed by atoms with Gasteiger partial charge in [-0.25, -0.2) is 0 Å². The lowest BCUT2D eigenvalue weighted by atomic mass is 9.96. The van der Waals surface area contributed by atoms with Crippen molar-refractivity contribution in [1.29, 1.82) is 0 Å². The number of nitrogens with one attached hydrogen (secondary N) is 1. The van der Waals surface area contributed by atoms with E-state index in [0.29, 0.717) is 22.2 Å². The van der Waals surface area contributed by atoms with Crippen LogP contribution in [0.5, 0.6) is 0 Å². The smallest absolute Gasteiger partial charge is 0.288 e. The van der Waals surface area contributed by atoms with Gasteiger partial charge in [-0.3, -0.25) is 4.79 Å². The van der Waals surface area contributed by atoms with E-state index in [2.05, 4.69) is 19.2 Å². The number of thioether (sulfide) groups is 1. The highest BCUT2D eigenvalue weighted by atomic mass is 32.2. The molecule has 0 spiro atoms. The molecule has 0 radical (unpaired) electrons. The highest BCUT2D eigenvalue weighted by molar-refractivity contribution is 7.99. The number of benzene rings is 2. The van der Waals surface area contributed by atoms with Gasteiger partial charge in [0.1, 0.15) is 0 Å². The number of anilines is 2. The first-order chi connectivity index (χ1) is 13.0. The summed E-state index contributed by atoms with van der Waals surface area (Å²) in [7, 11) is 0. The third kappa shape index (κ3) is 4.80. The van der Waals surface area contributed by atoms with Gasteiger partial charge < -0.3 is 10.2 Å². The third-order valence-electron chi connectivity index (χ3n) is 4.94. The molecule has 1 fully saturated rings. The van der Waals surface area contributed by atoms with E-state index < -0.39 is 5.76 Å². The van der Waals surface area contributed by atoms with Crippen molar-refractivity contribution in [1.82, 2.24) is 4.90 Å². The number of para-hydroxylation sites is 1. The Balaban J connectivity index is 1.80. The van der Waals surface area contributed by atoms with E-state index in [0.717, 1.165) is 30.6 Å². The van der Waals surface area contributed by atoms with E-state index >= 15 is 0 Å². The van der Waals surface area contributed by atoms with Crippen LogP contribution in [-0.4, -0.2) is 28.6 Å². The largest absolute Gasteiger partial charge is 0.355 e. The van der Waals surface area contributed by atoms with Crippen LogP contribution in [0.1, 0.15) is 43.5 Å². The summed E-state index contributed by atoms with van der Waals surface area (Å²) in [5, 5.41) is 3.26. The Bertz CT molecular complexity index is 772. The number of alkyl halides is 2. The summed E-state index contributed by atoms with van der Waals surface area (Å²) < 4.78 is 24.9. The number of rotatable bonds is 5. The van der Waals surface area contributed by atoms with Crippen molar-refractivity contribution < 1.29 is 13.6 Å². The van der Waals surface area contributed by atoms with Gasteiger partial charge in [0.15, 0.2) is 0 Å². The van der Waals surface area contributed by atoms with Crippen molar-refractivity contribution in [3.63, 3.8) is 0 Å². The van der Waals surface area contributed by atoms with Crippen LogP contribution in [0.2, 0.25) is 0 Å². The molecule has 0 aromatic heterocycles. The van der Waals surface area contributed by atoms with E-state index in [9.17, 15) is 13.6 Å². The van der Waals surface area contributed by atoms with Crippen molar-refractivity contribution in [3.8, 4) is 0 Å². The van der Waals surface area contributed by atoms with Gasteiger partial charge in [-0.05, 0) is 69.5 Å². The maximum Gasteiger partial charge on any atom is 0.288 e. The fraction of sp³-hybridized carbons (Fsp3) is 0.381. The maximum atomic E-state index is 13.2. The van der Waals surface area contributed by atoms with Crippen molar-refractivity contribution in [2.45, 2.75) is 55.8 Å². The van der Waals surface area contributed by atoms with Gasteiger partial charge in [0.05, 0.1) is 11.3 Å². The van der Waals surface area contributed by atoms with E-state index in [4.69, 9.17) is 0 Å². The summed E-state index contributed by atoms with van der Waals surface area (Å²) in [6.07, 6.45) is 3.19. The first-order valence-electron chi connectivity index (χ1n) is 9.19. The molecule has 27 heavy (non-hydrogen) atoms. The molecule has 0 aliphatic carbocycles. The van der Waals surface area contributed by atoms with Crippen molar-refractivity contribution >= 4 is 29.0 Å². The molecular weight excluding hydrogens is 366 g/mol. The minimum atomic E-state index is -2.43. The number of amides is 1. The van der Waals surface area contributed by atoms with Gasteiger partial charge in [-0.1, -0.05) is 23.9 Å². The van der Waals surface area contributed by atoms with Crippen molar-refractivity contribution in [3.05, 3.63) is 54.1 Å². The molecule has 3 rings (SSSR count). The van der Waals surface area contributed by atoms with Crippen LogP contribution in [0.15, 0.2) is 53.4 Å². The highest BCUT2D eigenvalue weighted by Gasteiger charge is 2.30. The zero-order chi connectivity index (χ0) is 19.4. The van der Waals surface area contributed by atoms with Crippen LogP contribution < -0.4 is 5.32 Å². The molecule has 0 unspecified atom stereocenters. The maximum absolute atomic E-state index is 13.2. The molecule has 0 bridgehead atoms. The third-order valence-corrected chi connectivity index (χ3v) is 5.67. The Morgan fingerprint density at radius 2 is 1.70 bits per heavy atom. The summed E-state index contributed by atoms with van der Waals surface area (Å²) in [6, 6.07) is 14.7. The summed E-state index contributed by atoms with van der Waals surface area (Å²) in [4.78, 5) is 15.7. The summed E-state index contributed by atoms with van der Waals surface area (Å²) >= 11 is 0.519. The van der Waals surface area contributed by atoms with Crippen LogP contribution in [-0.2, 0) is 0 Å². The SMILES string of the molecule is C[C@@H]1CCC[C@H](C)N1C(=O)c1ccccc1Nc1ccc(SC(F)F)cc1. The minimum absolute atomic E-state index is 0.0303. The molecular formula is C21H24F2N2OS. The monoisotopic (exact) mass is 390 g/mol. The normalized spacial score (nSPS) is 20.0. The van der Waals surface area contributed by atoms with Gasteiger partial charge in [0.25, 0.3) is 11.7 Å². The molecule has 2 atom stereocenters. The molecule has 144 valence electrons. The molecule has 6 heteroatoms. The topological polar surface area (TPSA) is 32.3 Å². The quantitative estimate of drug-likeness (QED) is 0.622. The zero-order valence-corrected chi connectivity index (χ0v) is 16.3. The number of hydrogen-bond acceptors (Lipinski definition) is 3. The molecule has 1 aliphatic heterocycles. The molecule has 1 aliphatic rings. The molecule has 1 saturated heterocycles. The average molecular weight is 390 g/mol. The Labute approximate surface area is 163 Å². The first kappa shape index (κ1) is 19.7. The van der Waals surface area contributed by atoms with Crippen LogP contribution >= 0.6 is 11.8 Å². The highest BCUT2D eigenvalue weighted by Crippen LogP contribution is 2.30. The Kier molecular flexibility index (Phi) is 6.37. The lowest BCUT2D eigenvalue weighted by Crippen LogP contribution is -2.47. The lowest BCUT2D eigenvalue weighted by molar-refractivity contribution is 0.0512. The van der Waals surface area contributed by atoms with E-state index in [1.807, 2.05) is 29.2 Å². The summed E-state index contributed by atoms with van der Waals surface area (Å²) in [6.45, 7) is 4.20. The summed E-state index contributed by atoms with van der Waals surface area (Å²) in [5.74, 6) is -2.40. The van der Waals surface area contributed by atoms with E-state index in [1.165, 1.54) is 0 Å². The second kappa shape index (κ2) is 8.74. The first-order valence-corrected chi connectivity index (χ1v) is 10.1. The fourth-order valence-electron chi connectivity index (χ4n) is 3.61. The predicted octanol–water partition coefficient (Wildman–Crippen LogP) is 6.15. The van der Waals surface area contributed by atoms with E-state index in [1.54, 1.807) is 24.3 Å². The Morgan fingerprint density at radius 3 is 2.33 bits per heavy atom. The number of piperidine rings is 1. The lowest BCUT2D eigenvalue weighted by Gasteiger charge is -2.39. The predicted molar refractivity (Wildman–Crippen MR) is 107 cm³/mol. The second-order valence-corrected chi connectivity index (χ2v) is 7.98. The van der Waals surface area contributed by atoms with Gasteiger partial charge in [0, 0.05) is 22.7 Å². The van der Waals surface area contributed by atoms with Crippen molar-refractivity contribution in [2.24, 2.45) is 0 Å². The van der Waals surface area contributed by atoms with Crippen LogP contribution in [0, 0.1) is 0 Å². The molecule has 0 saturated carbocycles. The second-order valence-electron chi connectivity index (χ2n) is 6.91. The Morgan fingerprint density at radius 1 is 1.07 bits per heavy atom. The van der Waals surface area contributed by atoms with Gasteiger partial charge >= 0.3 is 0 Å². The molecule has 1 amide bonds.